The van der Waals surface area contributed by atoms with E-state index in [2.05, 4.69) is 4.98 Å². The highest BCUT2D eigenvalue weighted by atomic mass is 35.5. The van der Waals surface area contributed by atoms with Crippen LogP contribution in [0.2, 0.25) is 5.02 Å². The molecule has 0 saturated carbocycles. The summed E-state index contributed by atoms with van der Waals surface area (Å²) in [5.41, 5.74) is 2.89. The Kier molecular flexibility index (Phi) is 4.68. The van der Waals surface area contributed by atoms with Gasteiger partial charge in [-0.25, -0.2) is 4.98 Å². The first kappa shape index (κ1) is 16.0. The number of hydrogen-bond acceptors (Lipinski definition) is 3. The Morgan fingerprint density at radius 1 is 1.26 bits per heavy atom. The number of amides is 1. The van der Waals surface area contributed by atoms with E-state index in [9.17, 15) is 4.79 Å². The van der Waals surface area contributed by atoms with E-state index in [0.717, 1.165) is 35.0 Å². The fourth-order valence-corrected chi connectivity index (χ4v) is 3.56. The number of imidazole rings is 1. The van der Waals surface area contributed by atoms with Gasteiger partial charge in [0, 0.05) is 40.9 Å². The predicted octanol–water partition coefficient (Wildman–Crippen LogP) is 4.13. The van der Waals surface area contributed by atoms with Crippen LogP contribution in [0.3, 0.4) is 0 Å². The van der Waals surface area contributed by atoms with Crippen LogP contribution in [0, 0.1) is 0 Å². The number of nitrogens with zero attached hydrogens (tertiary/aromatic N) is 3. The molecule has 0 radical (unpaired) electrons. The van der Waals surface area contributed by atoms with Crippen molar-refractivity contribution in [3.05, 3.63) is 46.6 Å². The van der Waals surface area contributed by atoms with Crippen molar-refractivity contribution >= 4 is 33.8 Å². The Morgan fingerprint density at radius 2 is 1.96 bits per heavy atom. The molecule has 0 atom stereocenters. The van der Waals surface area contributed by atoms with Gasteiger partial charge in [0.2, 0.25) is 5.91 Å². The van der Waals surface area contributed by atoms with Crippen molar-refractivity contribution < 1.29 is 4.79 Å². The molecule has 23 heavy (non-hydrogen) atoms. The molecule has 3 aromatic rings. The van der Waals surface area contributed by atoms with Crippen molar-refractivity contribution in [2.75, 3.05) is 13.1 Å². The monoisotopic (exact) mass is 347 g/mol. The van der Waals surface area contributed by atoms with Gasteiger partial charge in [0.1, 0.15) is 0 Å². The zero-order valence-electron chi connectivity index (χ0n) is 13.1. The minimum atomic E-state index is 0.149. The number of carbonyl (C=O) groups is 1. The van der Waals surface area contributed by atoms with Gasteiger partial charge in [-0.05, 0) is 26.0 Å². The first-order valence-corrected chi connectivity index (χ1v) is 8.87. The Hall–Kier alpha value is -1.85. The van der Waals surface area contributed by atoms with Gasteiger partial charge in [0.25, 0.3) is 0 Å². The van der Waals surface area contributed by atoms with E-state index >= 15 is 0 Å². The molecular weight excluding hydrogens is 330 g/mol. The highest BCUT2D eigenvalue weighted by Crippen LogP contribution is 2.25. The van der Waals surface area contributed by atoms with Gasteiger partial charge >= 0.3 is 0 Å². The third-order valence-electron chi connectivity index (χ3n) is 3.87. The van der Waals surface area contributed by atoms with Crippen molar-refractivity contribution in [1.29, 1.82) is 0 Å². The summed E-state index contributed by atoms with van der Waals surface area (Å²) < 4.78 is 2.01. The fraction of sp³-hybridized carbons (Fsp3) is 0.294. The summed E-state index contributed by atoms with van der Waals surface area (Å²) in [5, 5.41) is 2.72. The molecule has 1 amide bonds. The topological polar surface area (TPSA) is 37.6 Å². The van der Waals surface area contributed by atoms with Crippen LogP contribution in [0.25, 0.3) is 16.2 Å². The second-order valence-electron chi connectivity index (χ2n) is 5.26. The van der Waals surface area contributed by atoms with E-state index < -0.39 is 0 Å². The van der Waals surface area contributed by atoms with Gasteiger partial charge in [0.15, 0.2) is 4.96 Å². The molecule has 0 aliphatic heterocycles. The quantitative estimate of drug-likeness (QED) is 0.696. The van der Waals surface area contributed by atoms with Gasteiger partial charge in [0.05, 0.1) is 12.1 Å². The predicted molar refractivity (Wildman–Crippen MR) is 95.1 cm³/mol. The van der Waals surface area contributed by atoms with Gasteiger partial charge in [-0.2, -0.15) is 0 Å². The summed E-state index contributed by atoms with van der Waals surface area (Å²) in [4.78, 5) is 19.7. The SMILES string of the molecule is CCN(CC)C(=O)Cc1csc2nc(-c3ccc(Cl)cc3)cn12. The molecule has 0 aliphatic rings. The molecule has 0 unspecified atom stereocenters. The largest absolute Gasteiger partial charge is 0.343 e. The van der Waals surface area contributed by atoms with Crippen LogP contribution < -0.4 is 0 Å². The number of hydrogen-bond donors (Lipinski definition) is 0. The second-order valence-corrected chi connectivity index (χ2v) is 6.53. The summed E-state index contributed by atoms with van der Waals surface area (Å²) >= 11 is 7.49. The van der Waals surface area contributed by atoms with Crippen molar-refractivity contribution in [1.82, 2.24) is 14.3 Å². The molecule has 6 heteroatoms. The average molecular weight is 348 g/mol. The molecule has 120 valence electrons. The molecule has 0 saturated heterocycles. The first-order valence-electron chi connectivity index (χ1n) is 7.61. The molecular formula is C17H18ClN3OS. The lowest BCUT2D eigenvalue weighted by Gasteiger charge is -2.18. The number of aromatic nitrogens is 2. The summed E-state index contributed by atoms with van der Waals surface area (Å²) in [5.74, 6) is 0.149. The normalized spacial score (nSPS) is 11.1. The number of halogens is 1. The molecule has 3 rings (SSSR count). The summed E-state index contributed by atoms with van der Waals surface area (Å²) in [6.45, 7) is 5.48. The van der Waals surface area contributed by atoms with E-state index in [0.29, 0.717) is 11.4 Å². The summed E-state index contributed by atoms with van der Waals surface area (Å²) in [6.07, 6.45) is 2.39. The van der Waals surface area contributed by atoms with Gasteiger partial charge in [-0.1, -0.05) is 23.7 Å². The molecule has 4 nitrogen and oxygen atoms in total. The fourth-order valence-electron chi connectivity index (χ4n) is 2.56. The lowest BCUT2D eigenvalue weighted by Crippen LogP contribution is -2.32. The lowest BCUT2D eigenvalue weighted by molar-refractivity contribution is -0.130. The standard InChI is InChI=1S/C17H18ClN3OS/c1-3-20(4-2)16(22)9-14-11-23-17-19-15(10-21(14)17)12-5-7-13(18)8-6-12/h5-8,10-11H,3-4,9H2,1-2H3. The Bertz CT molecular complexity index is 818. The van der Waals surface area contributed by atoms with E-state index in [1.165, 1.54) is 0 Å². The Morgan fingerprint density at radius 3 is 2.61 bits per heavy atom. The van der Waals surface area contributed by atoms with Crippen molar-refractivity contribution in [3.8, 4) is 11.3 Å². The van der Waals surface area contributed by atoms with E-state index in [1.54, 1.807) is 11.3 Å². The zero-order valence-corrected chi connectivity index (χ0v) is 14.7. The molecule has 2 aromatic heterocycles. The van der Waals surface area contributed by atoms with E-state index in [4.69, 9.17) is 11.6 Å². The number of fused-ring (bicyclic) bond motifs is 1. The smallest absolute Gasteiger partial charge is 0.228 e. The van der Waals surface area contributed by atoms with Crippen LogP contribution in [0.1, 0.15) is 19.5 Å². The van der Waals surface area contributed by atoms with Crippen LogP contribution in [-0.2, 0) is 11.2 Å². The maximum atomic E-state index is 12.3. The first-order chi connectivity index (χ1) is 11.1. The van der Waals surface area contributed by atoms with Crippen molar-refractivity contribution in [2.45, 2.75) is 20.3 Å². The average Bonchev–Trinajstić information content (AvgIpc) is 3.11. The van der Waals surface area contributed by atoms with Crippen molar-refractivity contribution in [2.24, 2.45) is 0 Å². The van der Waals surface area contributed by atoms with E-state index in [1.807, 2.05) is 59.0 Å². The van der Waals surface area contributed by atoms with Gasteiger partial charge in [-0.15, -0.1) is 11.3 Å². The van der Waals surface area contributed by atoms with Crippen molar-refractivity contribution in [3.63, 3.8) is 0 Å². The maximum Gasteiger partial charge on any atom is 0.228 e. The number of rotatable bonds is 5. The molecule has 2 heterocycles. The molecule has 0 N–H and O–H groups in total. The highest BCUT2D eigenvalue weighted by Gasteiger charge is 2.15. The molecule has 0 fully saturated rings. The Labute approximate surface area is 144 Å². The minimum Gasteiger partial charge on any atom is -0.343 e. The summed E-state index contributed by atoms with van der Waals surface area (Å²) in [6, 6.07) is 7.62. The molecule has 0 spiro atoms. The van der Waals surface area contributed by atoms with Gasteiger partial charge < -0.3 is 4.90 Å². The number of carbonyl (C=O) groups excluding carboxylic acids is 1. The third kappa shape index (κ3) is 3.26. The zero-order chi connectivity index (χ0) is 16.4. The highest BCUT2D eigenvalue weighted by molar-refractivity contribution is 7.15. The van der Waals surface area contributed by atoms with E-state index in [-0.39, 0.29) is 5.91 Å². The lowest BCUT2D eigenvalue weighted by atomic mass is 10.2. The number of likely N-dealkylation sites (N-methyl/N-ethyl adjacent to an activating group) is 1. The molecule has 0 bridgehead atoms. The second kappa shape index (κ2) is 6.72. The van der Waals surface area contributed by atoms with Crippen LogP contribution in [-0.4, -0.2) is 33.3 Å². The third-order valence-corrected chi connectivity index (χ3v) is 5.01. The molecule has 0 aliphatic carbocycles. The van der Waals surface area contributed by atoms with Gasteiger partial charge in [-0.3, -0.25) is 9.20 Å². The number of thiazole rings is 1. The van der Waals surface area contributed by atoms with Crippen LogP contribution >= 0.6 is 22.9 Å². The van der Waals surface area contributed by atoms with Crippen LogP contribution in [0.15, 0.2) is 35.8 Å². The minimum absolute atomic E-state index is 0.149. The number of benzene rings is 1. The van der Waals surface area contributed by atoms with Crippen LogP contribution in [0.5, 0.6) is 0 Å². The maximum absolute atomic E-state index is 12.3. The van der Waals surface area contributed by atoms with Crippen LogP contribution in [0.4, 0.5) is 0 Å². The summed E-state index contributed by atoms with van der Waals surface area (Å²) in [7, 11) is 0. The molecule has 1 aromatic carbocycles. The Balaban J connectivity index is 1.89.